The molecule has 0 aliphatic heterocycles. The number of hydrogen-bond donors (Lipinski definition) is 1. The molecule has 0 spiro atoms. The van der Waals surface area contributed by atoms with Crippen LogP contribution in [0.25, 0.3) is 0 Å². The van der Waals surface area contributed by atoms with E-state index in [1.165, 1.54) is 0 Å². The number of aliphatic carboxylic acids is 1. The Labute approximate surface area is 147 Å². The summed E-state index contributed by atoms with van der Waals surface area (Å²) in [7, 11) is 0. The minimum atomic E-state index is -0.781. The van der Waals surface area contributed by atoms with Gasteiger partial charge in [-0.2, -0.15) is 0 Å². The number of hydrogen-bond acceptors (Lipinski definition) is 2. The predicted octanol–water partition coefficient (Wildman–Crippen LogP) is 4.79. The molecule has 3 heteroatoms. The second kappa shape index (κ2) is 9.18. The standard InChI is InChI=1S/C13H10O.C9H10O2/c14-13(11-7-3-1-4-8-11)12-9-5-2-6-10-12;1-7(9(10)11)8-5-3-2-4-6-8/h1-10H;2-7H,1H3,(H,10,11). The van der Waals surface area contributed by atoms with Gasteiger partial charge >= 0.3 is 5.97 Å². The van der Waals surface area contributed by atoms with Gasteiger partial charge in [0.05, 0.1) is 5.92 Å². The maximum Gasteiger partial charge on any atom is 0.310 e. The van der Waals surface area contributed by atoms with Gasteiger partial charge in [0.15, 0.2) is 5.78 Å². The first-order valence-corrected chi connectivity index (χ1v) is 8.02. The van der Waals surface area contributed by atoms with Gasteiger partial charge in [-0.15, -0.1) is 0 Å². The van der Waals surface area contributed by atoms with Gasteiger partial charge in [-0.25, -0.2) is 0 Å². The third-order valence-corrected chi connectivity index (χ3v) is 3.74. The van der Waals surface area contributed by atoms with Gasteiger partial charge in [0.2, 0.25) is 0 Å². The van der Waals surface area contributed by atoms with Crippen molar-refractivity contribution in [3.05, 3.63) is 108 Å². The molecular weight excluding hydrogens is 312 g/mol. The molecule has 1 N–H and O–H groups in total. The Morgan fingerprint density at radius 3 is 1.40 bits per heavy atom. The first kappa shape index (κ1) is 18.1. The van der Waals surface area contributed by atoms with Crippen LogP contribution in [0, 0.1) is 0 Å². The van der Waals surface area contributed by atoms with E-state index >= 15 is 0 Å². The summed E-state index contributed by atoms with van der Waals surface area (Å²) in [6, 6.07) is 27.8. The van der Waals surface area contributed by atoms with Crippen LogP contribution < -0.4 is 0 Å². The molecule has 0 radical (unpaired) electrons. The van der Waals surface area contributed by atoms with Crippen molar-refractivity contribution in [3.8, 4) is 0 Å². The van der Waals surface area contributed by atoms with Gasteiger partial charge in [0.25, 0.3) is 0 Å². The fourth-order valence-electron chi connectivity index (χ4n) is 2.23. The van der Waals surface area contributed by atoms with Crippen LogP contribution in [0.1, 0.15) is 34.3 Å². The molecule has 3 aromatic rings. The lowest BCUT2D eigenvalue weighted by Crippen LogP contribution is -2.06. The van der Waals surface area contributed by atoms with Crippen molar-refractivity contribution in [3.63, 3.8) is 0 Å². The summed E-state index contributed by atoms with van der Waals surface area (Å²) < 4.78 is 0. The van der Waals surface area contributed by atoms with Crippen LogP contribution in [-0.2, 0) is 4.79 Å². The summed E-state index contributed by atoms with van der Waals surface area (Å²) in [5.74, 6) is -1.11. The maximum absolute atomic E-state index is 11.8. The lowest BCUT2D eigenvalue weighted by molar-refractivity contribution is -0.138. The van der Waals surface area contributed by atoms with E-state index in [-0.39, 0.29) is 5.78 Å². The van der Waals surface area contributed by atoms with Crippen molar-refractivity contribution < 1.29 is 14.7 Å². The van der Waals surface area contributed by atoms with Crippen LogP contribution in [0.4, 0.5) is 0 Å². The van der Waals surface area contributed by atoms with E-state index in [9.17, 15) is 9.59 Å². The molecule has 3 aromatic carbocycles. The number of carbonyl (C=O) groups is 2. The lowest BCUT2D eigenvalue weighted by atomic mass is 10.0. The Morgan fingerprint density at radius 2 is 1.04 bits per heavy atom. The smallest absolute Gasteiger partial charge is 0.310 e. The van der Waals surface area contributed by atoms with E-state index in [2.05, 4.69) is 0 Å². The Morgan fingerprint density at radius 1 is 0.680 bits per heavy atom. The quantitative estimate of drug-likeness (QED) is 0.699. The third kappa shape index (κ3) is 5.43. The van der Waals surface area contributed by atoms with Crippen LogP contribution in [-0.4, -0.2) is 16.9 Å². The van der Waals surface area contributed by atoms with Crippen LogP contribution in [0.2, 0.25) is 0 Å². The molecule has 0 aliphatic carbocycles. The van der Waals surface area contributed by atoms with Crippen molar-refractivity contribution in [1.29, 1.82) is 0 Å². The number of carboxylic acids is 1. The molecule has 25 heavy (non-hydrogen) atoms. The van der Waals surface area contributed by atoms with Gasteiger partial charge in [0.1, 0.15) is 0 Å². The molecule has 0 saturated carbocycles. The first-order chi connectivity index (χ1) is 12.1. The molecular formula is C22H20O3. The number of benzene rings is 3. The highest BCUT2D eigenvalue weighted by Crippen LogP contribution is 2.13. The van der Waals surface area contributed by atoms with E-state index in [0.29, 0.717) is 0 Å². The largest absolute Gasteiger partial charge is 0.481 e. The van der Waals surface area contributed by atoms with E-state index in [1.807, 2.05) is 91.0 Å². The summed E-state index contributed by atoms with van der Waals surface area (Å²) in [5, 5.41) is 8.64. The molecule has 0 heterocycles. The normalized spacial score (nSPS) is 10.9. The highest BCUT2D eigenvalue weighted by Gasteiger charge is 2.11. The first-order valence-electron chi connectivity index (χ1n) is 8.02. The van der Waals surface area contributed by atoms with Gasteiger partial charge in [0, 0.05) is 11.1 Å². The summed E-state index contributed by atoms with van der Waals surface area (Å²) in [6.45, 7) is 1.68. The van der Waals surface area contributed by atoms with Gasteiger partial charge in [-0.05, 0) is 12.5 Å². The van der Waals surface area contributed by atoms with E-state index in [1.54, 1.807) is 6.92 Å². The molecule has 126 valence electrons. The summed E-state index contributed by atoms with van der Waals surface area (Å²) in [4.78, 5) is 22.3. The highest BCUT2D eigenvalue weighted by molar-refractivity contribution is 6.08. The maximum atomic E-state index is 11.8. The van der Waals surface area contributed by atoms with Crippen molar-refractivity contribution in [2.24, 2.45) is 0 Å². The molecule has 0 fully saturated rings. The minimum absolute atomic E-state index is 0.0752. The number of carbonyl (C=O) groups excluding carboxylic acids is 1. The molecule has 3 rings (SSSR count). The van der Waals surface area contributed by atoms with Crippen molar-refractivity contribution in [2.45, 2.75) is 12.8 Å². The zero-order valence-electron chi connectivity index (χ0n) is 14.0. The zero-order chi connectivity index (χ0) is 18.1. The lowest BCUT2D eigenvalue weighted by Gasteiger charge is -2.04. The molecule has 0 bridgehead atoms. The molecule has 0 amide bonds. The highest BCUT2D eigenvalue weighted by atomic mass is 16.4. The third-order valence-electron chi connectivity index (χ3n) is 3.74. The SMILES string of the molecule is CC(C(=O)O)c1ccccc1.O=C(c1ccccc1)c1ccccc1. The van der Waals surface area contributed by atoms with Crippen LogP contribution in [0.5, 0.6) is 0 Å². The predicted molar refractivity (Wildman–Crippen MR) is 98.8 cm³/mol. The number of ketones is 1. The monoisotopic (exact) mass is 332 g/mol. The fourth-order valence-corrected chi connectivity index (χ4v) is 2.23. The topological polar surface area (TPSA) is 54.4 Å². The van der Waals surface area contributed by atoms with Crippen molar-refractivity contribution in [1.82, 2.24) is 0 Å². The van der Waals surface area contributed by atoms with Crippen molar-refractivity contribution >= 4 is 11.8 Å². The second-order valence-corrected chi connectivity index (χ2v) is 5.53. The minimum Gasteiger partial charge on any atom is -0.481 e. The molecule has 3 nitrogen and oxygen atoms in total. The molecule has 0 saturated heterocycles. The molecule has 1 unspecified atom stereocenters. The average Bonchev–Trinajstić information content (AvgIpc) is 2.69. The zero-order valence-corrected chi connectivity index (χ0v) is 14.0. The van der Waals surface area contributed by atoms with Gasteiger partial charge in [-0.3, -0.25) is 9.59 Å². The van der Waals surface area contributed by atoms with E-state index in [4.69, 9.17) is 5.11 Å². The van der Waals surface area contributed by atoms with Crippen LogP contribution in [0.15, 0.2) is 91.0 Å². The average molecular weight is 332 g/mol. The Kier molecular flexibility index (Phi) is 6.66. The van der Waals surface area contributed by atoms with Gasteiger partial charge in [-0.1, -0.05) is 91.0 Å². The Balaban J connectivity index is 0.000000186. The van der Waals surface area contributed by atoms with Crippen LogP contribution >= 0.6 is 0 Å². The Hall–Kier alpha value is -3.20. The fraction of sp³-hybridized carbons (Fsp3) is 0.0909. The summed E-state index contributed by atoms with van der Waals surface area (Å²) in [5.41, 5.74) is 2.32. The van der Waals surface area contributed by atoms with E-state index in [0.717, 1.165) is 16.7 Å². The summed E-state index contributed by atoms with van der Waals surface area (Å²) >= 11 is 0. The second-order valence-electron chi connectivity index (χ2n) is 5.53. The number of carboxylic acid groups (broad SMARTS) is 1. The summed E-state index contributed by atoms with van der Waals surface area (Å²) in [6.07, 6.45) is 0. The molecule has 0 aliphatic rings. The molecule has 1 atom stereocenters. The van der Waals surface area contributed by atoms with Crippen molar-refractivity contribution in [2.75, 3.05) is 0 Å². The van der Waals surface area contributed by atoms with E-state index < -0.39 is 11.9 Å². The van der Waals surface area contributed by atoms with Gasteiger partial charge < -0.3 is 5.11 Å². The Bertz CT molecular complexity index is 755. The number of rotatable bonds is 4. The van der Waals surface area contributed by atoms with Crippen LogP contribution in [0.3, 0.4) is 0 Å². The molecule has 0 aromatic heterocycles.